The van der Waals surface area contributed by atoms with Crippen LogP contribution in [0.1, 0.15) is 57.4 Å². The Morgan fingerprint density at radius 3 is 2.46 bits per heavy atom. The van der Waals surface area contributed by atoms with Gasteiger partial charge >= 0.3 is 0 Å². The molecule has 0 aliphatic carbocycles. The summed E-state index contributed by atoms with van der Waals surface area (Å²) in [6.45, 7) is 10.5. The Balaban J connectivity index is 1.88. The van der Waals surface area contributed by atoms with Crippen molar-refractivity contribution >= 4 is 19.3 Å². The number of benzene rings is 1. The zero-order chi connectivity index (χ0) is 20.0. The predicted molar refractivity (Wildman–Crippen MR) is 118 cm³/mol. The number of hydrogen-bond donors (Lipinski definition) is 0. The predicted octanol–water partition coefficient (Wildman–Crippen LogP) is 6.07. The lowest BCUT2D eigenvalue weighted by molar-refractivity contribution is 0.225. The molecule has 1 atom stereocenters. The molecule has 0 saturated carbocycles. The van der Waals surface area contributed by atoms with E-state index in [0.29, 0.717) is 0 Å². The van der Waals surface area contributed by atoms with Gasteiger partial charge in [0.25, 0.3) is 0 Å². The molecule has 0 fully saturated rings. The highest BCUT2D eigenvalue weighted by molar-refractivity contribution is 6.73. The van der Waals surface area contributed by atoms with Gasteiger partial charge in [-0.3, -0.25) is 4.57 Å². The number of fused-ring (bicyclic) bond motifs is 1. The van der Waals surface area contributed by atoms with Crippen LogP contribution in [0.5, 0.6) is 0 Å². The maximum atomic E-state index is 5.90. The number of para-hydroxylation sites is 1. The van der Waals surface area contributed by atoms with Crippen LogP contribution in [-0.4, -0.2) is 34.3 Å². The molecule has 0 aliphatic rings. The molecule has 28 heavy (non-hydrogen) atoms. The fourth-order valence-electron chi connectivity index (χ4n) is 3.80. The second-order valence-electron chi connectivity index (χ2n) is 8.54. The van der Waals surface area contributed by atoms with Crippen LogP contribution in [0.15, 0.2) is 47.1 Å². The third kappa shape index (κ3) is 4.91. The molecule has 2 aromatic heterocycles. The topological polar surface area (TPSA) is 47.1 Å². The van der Waals surface area contributed by atoms with Crippen molar-refractivity contribution in [3.05, 3.63) is 48.4 Å². The van der Waals surface area contributed by atoms with Gasteiger partial charge in [-0.1, -0.05) is 76.0 Å². The summed E-state index contributed by atoms with van der Waals surface area (Å²) in [5.74, 6) is 0.934. The third-order valence-corrected chi connectivity index (χ3v) is 7.51. The van der Waals surface area contributed by atoms with E-state index in [-0.39, 0.29) is 6.17 Å². The summed E-state index contributed by atoms with van der Waals surface area (Å²) in [6.07, 6.45) is 9.50. The zero-order valence-corrected chi connectivity index (χ0v) is 18.8. The summed E-state index contributed by atoms with van der Waals surface area (Å²) in [6, 6.07) is 12.2. The standard InChI is InChI=1S/C22H34N4OSi/c1-5-6-7-8-9-12-17-25(28(2,3)4)22(21-16-13-18-27-21)26-20-15-11-10-14-19(20)23-24-26/h10-11,13-16,18,22H,5-9,12,17H2,1-4H3. The van der Waals surface area contributed by atoms with Gasteiger partial charge in [0, 0.05) is 0 Å². The number of aromatic nitrogens is 3. The Morgan fingerprint density at radius 1 is 1.00 bits per heavy atom. The molecule has 5 nitrogen and oxygen atoms in total. The molecule has 0 bridgehead atoms. The van der Waals surface area contributed by atoms with E-state index in [9.17, 15) is 0 Å². The quantitative estimate of drug-likeness (QED) is 0.290. The fourth-order valence-corrected chi connectivity index (χ4v) is 5.60. The van der Waals surface area contributed by atoms with Crippen molar-refractivity contribution in [1.82, 2.24) is 19.6 Å². The van der Waals surface area contributed by atoms with Crippen molar-refractivity contribution in [2.75, 3.05) is 6.54 Å². The van der Waals surface area contributed by atoms with Crippen LogP contribution in [0.4, 0.5) is 0 Å². The third-order valence-electron chi connectivity index (χ3n) is 5.32. The molecule has 1 aromatic carbocycles. The van der Waals surface area contributed by atoms with Crippen LogP contribution in [0.2, 0.25) is 19.6 Å². The molecular weight excluding hydrogens is 364 g/mol. The molecule has 3 rings (SSSR count). The van der Waals surface area contributed by atoms with Crippen LogP contribution in [-0.2, 0) is 0 Å². The second-order valence-corrected chi connectivity index (χ2v) is 13.5. The maximum Gasteiger partial charge on any atom is 0.159 e. The van der Waals surface area contributed by atoms with Gasteiger partial charge < -0.3 is 4.42 Å². The Labute approximate surface area is 169 Å². The molecule has 0 aliphatic heterocycles. The molecule has 0 amide bonds. The van der Waals surface area contributed by atoms with E-state index in [0.717, 1.165) is 23.3 Å². The lowest BCUT2D eigenvalue weighted by Gasteiger charge is -2.39. The first-order valence-electron chi connectivity index (χ1n) is 10.6. The SMILES string of the molecule is CCCCCCCCN(C(c1ccco1)n1nnc2ccccc21)[Si](C)(C)C. The summed E-state index contributed by atoms with van der Waals surface area (Å²) in [5, 5.41) is 8.95. The normalized spacial score (nSPS) is 13.5. The lowest BCUT2D eigenvalue weighted by Crippen LogP contribution is -2.50. The molecule has 6 heteroatoms. The summed E-state index contributed by atoms with van der Waals surface area (Å²) >= 11 is 0. The summed E-state index contributed by atoms with van der Waals surface area (Å²) in [7, 11) is -1.64. The molecular formula is C22H34N4OSi. The fraction of sp³-hybridized carbons (Fsp3) is 0.545. The van der Waals surface area contributed by atoms with Crippen LogP contribution < -0.4 is 0 Å². The number of rotatable bonds is 11. The Kier molecular flexibility index (Phi) is 7.07. The first-order valence-corrected chi connectivity index (χ1v) is 14.1. The smallest absolute Gasteiger partial charge is 0.159 e. The first-order chi connectivity index (χ1) is 13.5. The molecule has 0 saturated heterocycles. The lowest BCUT2D eigenvalue weighted by atomic mass is 10.1. The monoisotopic (exact) mass is 398 g/mol. The zero-order valence-electron chi connectivity index (χ0n) is 17.8. The van der Waals surface area contributed by atoms with Crippen molar-refractivity contribution in [2.45, 2.75) is 71.3 Å². The van der Waals surface area contributed by atoms with Crippen LogP contribution >= 0.6 is 0 Å². The molecule has 2 heterocycles. The summed E-state index contributed by atoms with van der Waals surface area (Å²) in [4.78, 5) is 0. The van der Waals surface area contributed by atoms with Gasteiger partial charge in [-0.2, -0.15) is 0 Å². The highest BCUT2D eigenvalue weighted by Crippen LogP contribution is 2.31. The summed E-state index contributed by atoms with van der Waals surface area (Å²) < 4.78 is 10.6. The van der Waals surface area contributed by atoms with Gasteiger partial charge in [0.1, 0.15) is 19.5 Å². The Bertz CT molecular complexity index is 838. The van der Waals surface area contributed by atoms with Gasteiger partial charge in [-0.15, -0.1) is 5.10 Å². The minimum absolute atomic E-state index is 0.0512. The van der Waals surface area contributed by atoms with Crippen LogP contribution in [0.25, 0.3) is 11.0 Å². The Morgan fingerprint density at radius 2 is 1.75 bits per heavy atom. The van der Waals surface area contributed by atoms with Crippen LogP contribution in [0, 0.1) is 0 Å². The average Bonchev–Trinajstić information content (AvgIpc) is 3.33. The highest BCUT2D eigenvalue weighted by Gasteiger charge is 2.35. The van der Waals surface area contributed by atoms with Crippen molar-refractivity contribution in [3.8, 4) is 0 Å². The molecule has 0 spiro atoms. The van der Waals surface area contributed by atoms with E-state index in [2.05, 4.69) is 53.6 Å². The van der Waals surface area contributed by atoms with E-state index < -0.39 is 8.24 Å². The number of hydrogen-bond acceptors (Lipinski definition) is 4. The number of nitrogens with zero attached hydrogens (tertiary/aromatic N) is 4. The van der Waals surface area contributed by atoms with E-state index in [1.807, 2.05) is 28.9 Å². The van der Waals surface area contributed by atoms with Crippen molar-refractivity contribution in [2.24, 2.45) is 0 Å². The molecule has 0 radical (unpaired) electrons. The first kappa shape index (κ1) is 20.8. The van der Waals surface area contributed by atoms with E-state index >= 15 is 0 Å². The van der Waals surface area contributed by atoms with Crippen molar-refractivity contribution in [1.29, 1.82) is 0 Å². The largest absolute Gasteiger partial charge is 0.466 e. The second kappa shape index (κ2) is 9.52. The van der Waals surface area contributed by atoms with Crippen LogP contribution in [0.3, 0.4) is 0 Å². The molecule has 1 unspecified atom stereocenters. The van der Waals surface area contributed by atoms with Crippen molar-refractivity contribution in [3.63, 3.8) is 0 Å². The maximum absolute atomic E-state index is 5.90. The molecule has 3 aromatic rings. The minimum Gasteiger partial charge on any atom is -0.466 e. The molecule has 0 N–H and O–H groups in total. The van der Waals surface area contributed by atoms with E-state index in [1.54, 1.807) is 6.26 Å². The van der Waals surface area contributed by atoms with Gasteiger partial charge in [0.2, 0.25) is 0 Å². The van der Waals surface area contributed by atoms with E-state index in [1.165, 1.54) is 38.5 Å². The summed E-state index contributed by atoms with van der Waals surface area (Å²) in [5.41, 5.74) is 1.98. The van der Waals surface area contributed by atoms with E-state index in [4.69, 9.17) is 4.42 Å². The Hall–Kier alpha value is -1.92. The van der Waals surface area contributed by atoms with Gasteiger partial charge in [-0.25, -0.2) is 4.68 Å². The minimum atomic E-state index is -1.64. The number of unbranched alkanes of at least 4 members (excludes halogenated alkanes) is 5. The number of furan rings is 1. The van der Waals surface area contributed by atoms with Crippen molar-refractivity contribution < 1.29 is 4.42 Å². The average molecular weight is 399 g/mol. The van der Waals surface area contributed by atoms with Gasteiger partial charge in [0.15, 0.2) is 6.17 Å². The van der Waals surface area contributed by atoms with Gasteiger partial charge in [0.05, 0.1) is 11.8 Å². The molecule has 152 valence electrons. The highest BCUT2D eigenvalue weighted by atomic mass is 28.3. The van der Waals surface area contributed by atoms with Gasteiger partial charge in [-0.05, 0) is 37.2 Å².